The van der Waals surface area contributed by atoms with Crippen molar-refractivity contribution in [1.82, 2.24) is 9.80 Å². The first kappa shape index (κ1) is 19.3. The Balaban J connectivity index is 1.69. The number of thioether (sulfide) groups is 1. The summed E-state index contributed by atoms with van der Waals surface area (Å²) in [5, 5.41) is 10.7. The Morgan fingerprint density at radius 2 is 1.93 bits per heavy atom. The summed E-state index contributed by atoms with van der Waals surface area (Å²) in [6.45, 7) is -0.0888. The second kappa shape index (κ2) is 8.98. The first-order valence-corrected chi connectivity index (χ1v) is 9.99. The van der Waals surface area contributed by atoms with E-state index in [2.05, 4.69) is 0 Å². The van der Waals surface area contributed by atoms with Crippen LogP contribution in [0.5, 0.6) is 0 Å². The molecular formula is C19H18N2O4S2. The van der Waals surface area contributed by atoms with E-state index >= 15 is 0 Å². The molecule has 0 bridgehead atoms. The zero-order valence-corrected chi connectivity index (χ0v) is 16.0. The third kappa shape index (κ3) is 4.85. The molecule has 3 rings (SSSR count). The lowest BCUT2D eigenvalue weighted by molar-refractivity contribution is -0.136. The van der Waals surface area contributed by atoms with Gasteiger partial charge in [-0.1, -0.05) is 36.4 Å². The van der Waals surface area contributed by atoms with E-state index in [4.69, 9.17) is 0 Å². The molecule has 0 unspecified atom stereocenters. The minimum Gasteiger partial charge on any atom is -0.395 e. The number of nitrogens with zero attached hydrogens (tertiary/aromatic N) is 2. The van der Waals surface area contributed by atoms with Crippen LogP contribution in [-0.4, -0.2) is 51.7 Å². The minimum absolute atomic E-state index is 0.134. The molecule has 0 aliphatic carbocycles. The highest BCUT2D eigenvalue weighted by Crippen LogP contribution is 2.32. The first-order chi connectivity index (χ1) is 13.1. The molecule has 140 valence electrons. The molecule has 1 aromatic carbocycles. The van der Waals surface area contributed by atoms with Crippen molar-refractivity contribution in [2.24, 2.45) is 0 Å². The van der Waals surface area contributed by atoms with Gasteiger partial charge in [-0.3, -0.25) is 19.3 Å². The second-order valence-corrected chi connectivity index (χ2v) is 7.78. The Kier molecular flexibility index (Phi) is 6.44. The number of thiophene rings is 1. The van der Waals surface area contributed by atoms with Gasteiger partial charge in [0.25, 0.3) is 11.1 Å². The highest BCUT2D eigenvalue weighted by atomic mass is 32.2. The SMILES string of the molecule is O=C(CN1C(=O)S/C(=C\c2cccs2)C1=O)N(CCO)Cc1ccccc1. The summed E-state index contributed by atoms with van der Waals surface area (Å²) >= 11 is 2.30. The lowest BCUT2D eigenvalue weighted by Gasteiger charge is -2.24. The fraction of sp³-hybridized carbons (Fsp3) is 0.211. The maximum Gasteiger partial charge on any atom is 0.294 e. The monoisotopic (exact) mass is 402 g/mol. The first-order valence-electron chi connectivity index (χ1n) is 8.30. The molecule has 1 aliphatic rings. The molecule has 0 spiro atoms. The standard InChI is InChI=1S/C19H18N2O4S2/c22-9-8-20(12-14-5-2-1-3-6-14)17(23)13-21-18(24)16(27-19(21)25)11-15-7-4-10-26-15/h1-7,10-11,22H,8-9,12-13H2/b16-11-. The van der Waals surface area contributed by atoms with Crippen molar-refractivity contribution in [1.29, 1.82) is 0 Å². The fourth-order valence-corrected chi connectivity index (χ4v) is 4.15. The average Bonchev–Trinajstić information content (AvgIpc) is 3.26. The Bertz CT molecular complexity index is 850. The zero-order valence-electron chi connectivity index (χ0n) is 14.4. The van der Waals surface area contributed by atoms with Crippen LogP contribution in [0.15, 0.2) is 52.7 Å². The number of rotatable bonds is 7. The van der Waals surface area contributed by atoms with Crippen LogP contribution in [0.4, 0.5) is 4.79 Å². The molecule has 0 radical (unpaired) electrons. The molecule has 1 saturated heterocycles. The molecular weight excluding hydrogens is 384 g/mol. The summed E-state index contributed by atoms with van der Waals surface area (Å²) in [7, 11) is 0. The van der Waals surface area contributed by atoms with Crippen LogP contribution in [-0.2, 0) is 16.1 Å². The minimum atomic E-state index is -0.463. The quantitative estimate of drug-likeness (QED) is 0.721. The molecule has 27 heavy (non-hydrogen) atoms. The molecule has 8 heteroatoms. The van der Waals surface area contributed by atoms with Crippen molar-refractivity contribution in [3.8, 4) is 0 Å². The third-order valence-electron chi connectivity index (χ3n) is 3.92. The number of hydrogen-bond acceptors (Lipinski definition) is 6. The van der Waals surface area contributed by atoms with E-state index in [9.17, 15) is 19.5 Å². The molecule has 6 nitrogen and oxygen atoms in total. The molecule has 1 fully saturated rings. The van der Waals surface area contributed by atoms with Crippen LogP contribution in [0.3, 0.4) is 0 Å². The van der Waals surface area contributed by atoms with Crippen LogP contribution >= 0.6 is 23.1 Å². The summed E-state index contributed by atoms with van der Waals surface area (Å²) in [6, 6.07) is 13.1. The summed E-state index contributed by atoms with van der Waals surface area (Å²) in [6.07, 6.45) is 1.66. The Hall–Kier alpha value is -2.42. The number of amides is 3. The van der Waals surface area contributed by atoms with Crippen LogP contribution in [0.2, 0.25) is 0 Å². The lowest BCUT2D eigenvalue weighted by Crippen LogP contribution is -2.42. The van der Waals surface area contributed by atoms with E-state index < -0.39 is 11.1 Å². The lowest BCUT2D eigenvalue weighted by atomic mass is 10.2. The molecule has 3 amide bonds. The normalized spacial score (nSPS) is 15.6. The smallest absolute Gasteiger partial charge is 0.294 e. The zero-order chi connectivity index (χ0) is 19.2. The number of aliphatic hydroxyl groups excluding tert-OH is 1. The van der Waals surface area contributed by atoms with Crippen molar-refractivity contribution in [3.05, 3.63) is 63.2 Å². The molecule has 0 saturated carbocycles. The van der Waals surface area contributed by atoms with Gasteiger partial charge in [0.15, 0.2) is 0 Å². The van der Waals surface area contributed by atoms with Crippen LogP contribution in [0.25, 0.3) is 6.08 Å². The molecule has 1 aliphatic heterocycles. The average molecular weight is 402 g/mol. The number of hydrogen-bond donors (Lipinski definition) is 1. The fourth-order valence-electron chi connectivity index (χ4n) is 2.59. The van der Waals surface area contributed by atoms with Crippen LogP contribution in [0, 0.1) is 0 Å². The number of carbonyl (C=O) groups is 3. The van der Waals surface area contributed by atoms with E-state index in [0.717, 1.165) is 27.1 Å². The molecule has 2 aromatic rings. The van der Waals surface area contributed by atoms with Gasteiger partial charge in [-0.2, -0.15) is 0 Å². The molecule has 2 heterocycles. The number of benzene rings is 1. The highest BCUT2D eigenvalue weighted by molar-refractivity contribution is 8.18. The largest absolute Gasteiger partial charge is 0.395 e. The van der Waals surface area contributed by atoms with Gasteiger partial charge in [-0.25, -0.2) is 0 Å². The van der Waals surface area contributed by atoms with Gasteiger partial charge in [-0.15, -0.1) is 11.3 Å². The second-order valence-electron chi connectivity index (χ2n) is 5.81. The van der Waals surface area contributed by atoms with Gasteiger partial charge in [0.05, 0.1) is 11.5 Å². The molecule has 1 N–H and O–H groups in total. The Morgan fingerprint density at radius 3 is 2.59 bits per heavy atom. The number of carbonyl (C=O) groups excluding carboxylic acids is 3. The van der Waals surface area contributed by atoms with E-state index in [1.165, 1.54) is 16.2 Å². The van der Waals surface area contributed by atoms with Crippen molar-refractivity contribution >= 4 is 46.2 Å². The Labute approximate surface area is 165 Å². The third-order valence-corrected chi connectivity index (χ3v) is 5.65. The topological polar surface area (TPSA) is 77.9 Å². The van der Waals surface area contributed by atoms with Gasteiger partial charge in [0, 0.05) is 18.0 Å². The number of imide groups is 1. The van der Waals surface area contributed by atoms with Gasteiger partial charge in [0.1, 0.15) is 6.54 Å². The van der Waals surface area contributed by atoms with Crippen molar-refractivity contribution in [3.63, 3.8) is 0 Å². The van der Waals surface area contributed by atoms with E-state index in [1.54, 1.807) is 6.08 Å². The molecule has 0 atom stereocenters. The van der Waals surface area contributed by atoms with Crippen LogP contribution in [0.1, 0.15) is 10.4 Å². The van der Waals surface area contributed by atoms with Gasteiger partial charge in [0.2, 0.25) is 5.91 Å². The maximum absolute atomic E-state index is 12.7. The molecule has 1 aromatic heterocycles. The van der Waals surface area contributed by atoms with E-state index in [-0.39, 0.29) is 25.6 Å². The highest BCUT2D eigenvalue weighted by Gasteiger charge is 2.37. The Morgan fingerprint density at radius 1 is 1.15 bits per heavy atom. The van der Waals surface area contributed by atoms with E-state index in [0.29, 0.717) is 11.4 Å². The maximum atomic E-state index is 12.7. The van der Waals surface area contributed by atoms with Crippen molar-refractivity contribution in [2.45, 2.75) is 6.54 Å². The van der Waals surface area contributed by atoms with Crippen molar-refractivity contribution < 1.29 is 19.5 Å². The van der Waals surface area contributed by atoms with Gasteiger partial charge >= 0.3 is 0 Å². The van der Waals surface area contributed by atoms with E-state index in [1.807, 2.05) is 47.8 Å². The van der Waals surface area contributed by atoms with Crippen LogP contribution < -0.4 is 0 Å². The predicted octanol–water partition coefficient (Wildman–Crippen LogP) is 2.81. The summed E-state index contributed by atoms with van der Waals surface area (Å²) in [4.78, 5) is 41.0. The predicted molar refractivity (Wildman–Crippen MR) is 106 cm³/mol. The summed E-state index contributed by atoms with van der Waals surface area (Å²) in [5.41, 5.74) is 0.908. The van der Waals surface area contributed by atoms with Gasteiger partial charge in [-0.05, 0) is 34.8 Å². The van der Waals surface area contributed by atoms with Gasteiger partial charge < -0.3 is 10.0 Å². The number of aliphatic hydroxyl groups is 1. The summed E-state index contributed by atoms with van der Waals surface area (Å²) in [5.74, 6) is -0.844. The summed E-state index contributed by atoms with van der Waals surface area (Å²) < 4.78 is 0. The van der Waals surface area contributed by atoms with Crippen molar-refractivity contribution in [2.75, 3.05) is 19.7 Å².